The van der Waals surface area contributed by atoms with E-state index in [1.54, 1.807) is 0 Å². The van der Waals surface area contributed by atoms with Crippen molar-refractivity contribution in [3.63, 3.8) is 0 Å². The molecule has 2 rings (SSSR count). The van der Waals surface area contributed by atoms with Crippen LogP contribution in [-0.2, 0) is 4.74 Å². The zero-order chi connectivity index (χ0) is 15.7. The lowest BCUT2D eigenvalue weighted by Crippen LogP contribution is -2.40. The van der Waals surface area contributed by atoms with Crippen molar-refractivity contribution in [1.29, 1.82) is 0 Å². The molecular formula is C19H35BrO. The largest absolute Gasteiger partial charge is 0.377 e. The summed E-state index contributed by atoms with van der Waals surface area (Å²) in [5.41, 5.74) is 1.21. The predicted molar refractivity (Wildman–Crippen MR) is 95.0 cm³/mol. The summed E-state index contributed by atoms with van der Waals surface area (Å²) in [7, 11) is 0. The van der Waals surface area contributed by atoms with Gasteiger partial charge < -0.3 is 4.74 Å². The van der Waals surface area contributed by atoms with E-state index in [0.717, 1.165) is 17.9 Å². The molecule has 0 N–H and O–H groups in total. The fraction of sp³-hybridized carbons (Fsp3) is 1.00. The number of hydrogen-bond acceptors (Lipinski definition) is 1. The quantitative estimate of drug-likeness (QED) is 0.469. The smallest absolute Gasteiger partial charge is 0.0637 e. The maximum Gasteiger partial charge on any atom is 0.0637 e. The molecule has 2 aliphatic rings. The Labute approximate surface area is 140 Å². The van der Waals surface area contributed by atoms with Crippen LogP contribution in [0.5, 0.6) is 0 Å². The van der Waals surface area contributed by atoms with Crippen molar-refractivity contribution in [3.05, 3.63) is 0 Å². The molecular weight excluding hydrogens is 324 g/mol. The van der Waals surface area contributed by atoms with Crippen LogP contribution in [0.15, 0.2) is 0 Å². The van der Waals surface area contributed by atoms with Crippen molar-refractivity contribution in [3.8, 4) is 0 Å². The molecule has 2 aliphatic carbocycles. The maximum atomic E-state index is 6.61. The molecule has 0 heterocycles. The Hall–Kier alpha value is 0.440. The van der Waals surface area contributed by atoms with Crippen LogP contribution < -0.4 is 0 Å². The van der Waals surface area contributed by atoms with Gasteiger partial charge in [0.15, 0.2) is 0 Å². The first-order valence-electron chi connectivity index (χ1n) is 9.03. The minimum absolute atomic E-state index is 0.353. The van der Waals surface area contributed by atoms with E-state index in [9.17, 15) is 0 Å². The van der Waals surface area contributed by atoms with Gasteiger partial charge in [-0.3, -0.25) is 0 Å². The summed E-state index contributed by atoms with van der Waals surface area (Å²) in [6.07, 6.45) is 9.62. The zero-order valence-electron chi connectivity index (χ0n) is 14.8. The van der Waals surface area contributed by atoms with Crippen LogP contribution in [-0.4, -0.2) is 18.0 Å². The molecule has 3 atom stereocenters. The summed E-state index contributed by atoms with van der Waals surface area (Å²) < 4.78 is 6.61. The molecule has 21 heavy (non-hydrogen) atoms. The highest BCUT2D eigenvalue weighted by Gasteiger charge is 2.62. The molecule has 3 unspecified atom stereocenters. The number of halogens is 1. The average molecular weight is 359 g/mol. The Bertz CT molecular complexity index is 345. The summed E-state index contributed by atoms with van der Waals surface area (Å²) in [6, 6.07) is 0. The van der Waals surface area contributed by atoms with E-state index in [4.69, 9.17) is 4.74 Å². The second-order valence-corrected chi connectivity index (χ2v) is 9.10. The van der Waals surface area contributed by atoms with Crippen LogP contribution in [0.3, 0.4) is 0 Å². The van der Waals surface area contributed by atoms with Crippen LogP contribution >= 0.6 is 15.9 Å². The fourth-order valence-electron chi connectivity index (χ4n) is 5.16. The van der Waals surface area contributed by atoms with Gasteiger partial charge in [0.1, 0.15) is 0 Å². The summed E-state index contributed by atoms with van der Waals surface area (Å²) >= 11 is 3.78. The molecule has 0 saturated heterocycles. The monoisotopic (exact) mass is 358 g/mol. The number of ether oxygens (including phenoxy) is 1. The highest BCUT2D eigenvalue weighted by Crippen LogP contribution is 2.66. The molecule has 0 aromatic heterocycles. The molecule has 2 bridgehead atoms. The van der Waals surface area contributed by atoms with E-state index in [-0.39, 0.29) is 0 Å². The van der Waals surface area contributed by atoms with Gasteiger partial charge in [-0.1, -0.05) is 63.4 Å². The van der Waals surface area contributed by atoms with Gasteiger partial charge in [0, 0.05) is 10.7 Å². The van der Waals surface area contributed by atoms with Crippen LogP contribution in [0, 0.1) is 22.2 Å². The van der Waals surface area contributed by atoms with E-state index >= 15 is 0 Å². The van der Waals surface area contributed by atoms with Crippen molar-refractivity contribution >= 4 is 15.9 Å². The Balaban J connectivity index is 2.02. The topological polar surface area (TPSA) is 9.23 Å². The van der Waals surface area contributed by atoms with E-state index in [0.29, 0.717) is 22.3 Å². The molecule has 0 aliphatic heterocycles. The highest BCUT2D eigenvalue weighted by atomic mass is 79.9. The Morgan fingerprint density at radius 3 is 2.14 bits per heavy atom. The van der Waals surface area contributed by atoms with Gasteiger partial charge in [0.05, 0.1) is 12.7 Å². The summed E-state index contributed by atoms with van der Waals surface area (Å²) in [4.78, 5) is 0. The molecule has 0 radical (unpaired) electrons. The Kier molecular flexibility index (Phi) is 5.52. The maximum absolute atomic E-state index is 6.61. The van der Waals surface area contributed by atoms with Gasteiger partial charge in [-0.05, 0) is 48.9 Å². The van der Waals surface area contributed by atoms with Gasteiger partial charge in [0.2, 0.25) is 0 Å². The van der Waals surface area contributed by atoms with Gasteiger partial charge in [0.25, 0.3) is 0 Å². The van der Waals surface area contributed by atoms with E-state index in [1.807, 2.05) is 0 Å². The SMILES string of the molecule is CCCC(CBr)(CCC)COC1CC2CCC1(C)C2(C)C. The summed E-state index contributed by atoms with van der Waals surface area (Å²) in [6.45, 7) is 13.0. The highest BCUT2D eigenvalue weighted by molar-refractivity contribution is 9.09. The van der Waals surface area contributed by atoms with Gasteiger partial charge in [-0.2, -0.15) is 0 Å². The van der Waals surface area contributed by atoms with Crippen LogP contribution in [0.1, 0.15) is 79.6 Å². The van der Waals surface area contributed by atoms with Crippen LogP contribution in [0.4, 0.5) is 0 Å². The summed E-state index contributed by atoms with van der Waals surface area (Å²) in [5, 5.41) is 1.08. The third-order valence-electron chi connectivity index (χ3n) is 7.15. The Morgan fingerprint density at radius 2 is 1.76 bits per heavy atom. The zero-order valence-corrected chi connectivity index (χ0v) is 16.4. The number of alkyl halides is 1. The second kappa shape index (κ2) is 6.51. The lowest BCUT2D eigenvalue weighted by atomic mass is 9.70. The van der Waals surface area contributed by atoms with Crippen molar-refractivity contribution in [2.24, 2.45) is 22.2 Å². The molecule has 0 spiro atoms. The lowest BCUT2D eigenvalue weighted by molar-refractivity contribution is -0.0775. The van der Waals surface area contributed by atoms with E-state index < -0.39 is 0 Å². The first kappa shape index (κ1) is 17.8. The van der Waals surface area contributed by atoms with Crippen molar-refractivity contribution in [2.75, 3.05) is 11.9 Å². The van der Waals surface area contributed by atoms with Gasteiger partial charge in [-0.15, -0.1) is 0 Å². The predicted octanol–water partition coefficient (Wildman–Crippen LogP) is 6.20. The molecule has 2 heteroatoms. The minimum atomic E-state index is 0.353. The number of rotatable bonds is 8. The van der Waals surface area contributed by atoms with Crippen molar-refractivity contribution in [1.82, 2.24) is 0 Å². The van der Waals surface area contributed by atoms with Crippen molar-refractivity contribution < 1.29 is 4.74 Å². The van der Waals surface area contributed by atoms with E-state index in [2.05, 4.69) is 50.5 Å². The fourth-order valence-corrected chi connectivity index (χ4v) is 5.88. The molecule has 0 amide bonds. The van der Waals surface area contributed by atoms with Crippen LogP contribution in [0.25, 0.3) is 0 Å². The number of fused-ring (bicyclic) bond motifs is 2. The Morgan fingerprint density at radius 1 is 1.14 bits per heavy atom. The second-order valence-electron chi connectivity index (χ2n) is 8.54. The molecule has 2 fully saturated rings. The summed E-state index contributed by atoms with van der Waals surface area (Å²) in [5.74, 6) is 0.878. The van der Waals surface area contributed by atoms with E-state index in [1.165, 1.54) is 44.9 Å². The molecule has 0 aromatic rings. The average Bonchev–Trinajstić information content (AvgIpc) is 2.78. The van der Waals surface area contributed by atoms with Gasteiger partial charge >= 0.3 is 0 Å². The van der Waals surface area contributed by atoms with Crippen LogP contribution in [0.2, 0.25) is 0 Å². The minimum Gasteiger partial charge on any atom is -0.377 e. The standard InChI is InChI=1S/C19H35BrO/c1-6-9-19(13-20,10-7-2)14-21-16-12-15-8-11-18(16,5)17(15,3)4/h15-16H,6-14H2,1-5H3. The van der Waals surface area contributed by atoms with Gasteiger partial charge in [-0.25, -0.2) is 0 Å². The normalized spacial score (nSPS) is 34.6. The molecule has 0 aromatic carbocycles. The number of hydrogen-bond donors (Lipinski definition) is 0. The molecule has 124 valence electrons. The third kappa shape index (κ3) is 2.96. The lowest BCUT2D eigenvalue weighted by Gasteiger charge is -2.41. The first-order valence-corrected chi connectivity index (χ1v) is 10.1. The molecule has 1 nitrogen and oxygen atoms in total. The third-order valence-corrected chi connectivity index (χ3v) is 8.34. The first-order chi connectivity index (χ1) is 9.85. The van der Waals surface area contributed by atoms with Crippen molar-refractivity contribution in [2.45, 2.75) is 85.7 Å². The molecule has 2 saturated carbocycles.